The summed E-state index contributed by atoms with van der Waals surface area (Å²) in [4.78, 5) is 19.0. The van der Waals surface area contributed by atoms with E-state index in [4.69, 9.17) is 11.6 Å². The fourth-order valence-electron chi connectivity index (χ4n) is 3.41. The normalized spacial score (nSPS) is 15.6. The van der Waals surface area contributed by atoms with Crippen molar-refractivity contribution >= 4 is 23.2 Å². The van der Waals surface area contributed by atoms with Crippen LogP contribution in [-0.2, 0) is 6.42 Å². The minimum absolute atomic E-state index is 0.0280. The Labute approximate surface area is 151 Å². The molecule has 0 atom stereocenters. The minimum Gasteiger partial charge on any atom is -0.337 e. The SMILES string of the molecule is O=C(c1cn2nc(Cl)ccc2n1)N1CCC(Cc2ccccc2)CC1. The van der Waals surface area contributed by atoms with Gasteiger partial charge in [-0.2, -0.15) is 5.10 Å². The summed E-state index contributed by atoms with van der Waals surface area (Å²) in [5, 5.41) is 4.51. The molecule has 6 heteroatoms. The summed E-state index contributed by atoms with van der Waals surface area (Å²) >= 11 is 5.88. The fraction of sp³-hybridized carbons (Fsp3) is 0.316. The maximum atomic E-state index is 12.7. The van der Waals surface area contributed by atoms with Gasteiger partial charge in [0.2, 0.25) is 0 Å². The number of carbonyl (C=O) groups is 1. The zero-order chi connectivity index (χ0) is 17.2. The second-order valence-electron chi connectivity index (χ2n) is 6.51. The lowest BCUT2D eigenvalue weighted by Gasteiger charge is -2.31. The third-order valence-corrected chi connectivity index (χ3v) is 4.98. The topological polar surface area (TPSA) is 50.5 Å². The van der Waals surface area contributed by atoms with Crippen LogP contribution >= 0.6 is 11.6 Å². The number of imidazole rings is 1. The molecular weight excluding hydrogens is 336 g/mol. The summed E-state index contributed by atoms with van der Waals surface area (Å²) in [5.41, 5.74) is 2.43. The van der Waals surface area contributed by atoms with E-state index < -0.39 is 0 Å². The number of fused-ring (bicyclic) bond motifs is 1. The summed E-state index contributed by atoms with van der Waals surface area (Å²) in [7, 11) is 0. The summed E-state index contributed by atoms with van der Waals surface area (Å²) in [5.74, 6) is 0.604. The van der Waals surface area contributed by atoms with Crippen LogP contribution in [0, 0.1) is 5.92 Å². The predicted molar refractivity (Wildman–Crippen MR) is 96.8 cm³/mol. The van der Waals surface area contributed by atoms with Crippen LogP contribution in [0.2, 0.25) is 5.15 Å². The van der Waals surface area contributed by atoms with Crippen molar-refractivity contribution in [3.8, 4) is 0 Å². The van der Waals surface area contributed by atoms with Gasteiger partial charge in [0.15, 0.2) is 5.65 Å². The lowest BCUT2D eigenvalue weighted by Crippen LogP contribution is -2.39. The molecule has 1 fully saturated rings. The molecule has 128 valence electrons. The smallest absolute Gasteiger partial charge is 0.274 e. The fourth-order valence-corrected chi connectivity index (χ4v) is 3.56. The highest BCUT2D eigenvalue weighted by molar-refractivity contribution is 6.29. The zero-order valence-corrected chi connectivity index (χ0v) is 14.6. The molecule has 0 aliphatic carbocycles. The van der Waals surface area contributed by atoms with Gasteiger partial charge in [-0.05, 0) is 42.9 Å². The van der Waals surface area contributed by atoms with Gasteiger partial charge >= 0.3 is 0 Å². The molecule has 4 rings (SSSR count). The summed E-state index contributed by atoms with van der Waals surface area (Å²) < 4.78 is 1.55. The van der Waals surface area contributed by atoms with Crippen LogP contribution in [0.25, 0.3) is 5.65 Å². The van der Waals surface area contributed by atoms with Gasteiger partial charge in [-0.25, -0.2) is 9.50 Å². The third-order valence-electron chi connectivity index (χ3n) is 4.78. The Morgan fingerprint density at radius 1 is 1.12 bits per heavy atom. The number of nitrogens with zero attached hydrogens (tertiary/aromatic N) is 4. The number of carbonyl (C=O) groups excluding carboxylic acids is 1. The molecule has 0 N–H and O–H groups in total. The molecule has 0 unspecified atom stereocenters. The van der Waals surface area contributed by atoms with Gasteiger partial charge in [0.05, 0.1) is 6.20 Å². The van der Waals surface area contributed by atoms with Crippen LogP contribution in [-0.4, -0.2) is 38.5 Å². The number of piperidine rings is 1. The van der Waals surface area contributed by atoms with Crippen molar-refractivity contribution in [3.05, 3.63) is 65.1 Å². The second kappa shape index (κ2) is 6.84. The average molecular weight is 355 g/mol. The first-order valence-electron chi connectivity index (χ1n) is 8.54. The van der Waals surface area contributed by atoms with E-state index in [0.717, 1.165) is 32.4 Å². The van der Waals surface area contributed by atoms with E-state index in [-0.39, 0.29) is 5.91 Å². The van der Waals surface area contributed by atoms with E-state index in [9.17, 15) is 4.79 Å². The molecule has 2 aromatic heterocycles. The molecule has 1 aliphatic rings. The van der Waals surface area contributed by atoms with Crippen LogP contribution < -0.4 is 0 Å². The Morgan fingerprint density at radius 2 is 1.88 bits per heavy atom. The Bertz CT molecular complexity index is 885. The Hall–Kier alpha value is -2.40. The third kappa shape index (κ3) is 3.51. The summed E-state index contributed by atoms with van der Waals surface area (Å²) in [6.07, 6.45) is 4.79. The van der Waals surface area contributed by atoms with Crippen molar-refractivity contribution in [2.75, 3.05) is 13.1 Å². The van der Waals surface area contributed by atoms with E-state index in [1.807, 2.05) is 11.0 Å². The highest BCUT2D eigenvalue weighted by Gasteiger charge is 2.25. The van der Waals surface area contributed by atoms with Crippen molar-refractivity contribution in [2.45, 2.75) is 19.3 Å². The van der Waals surface area contributed by atoms with Gasteiger partial charge in [0, 0.05) is 13.1 Å². The van der Waals surface area contributed by atoms with Crippen LogP contribution in [0.1, 0.15) is 28.9 Å². The van der Waals surface area contributed by atoms with E-state index in [1.165, 1.54) is 5.56 Å². The van der Waals surface area contributed by atoms with Crippen LogP contribution in [0.5, 0.6) is 0 Å². The summed E-state index contributed by atoms with van der Waals surface area (Å²) in [6.45, 7) is 1.55. The lowest BCUT2D eigenvalue weighted by atomic mass is 9.90. The molecule has 3 heterocycles. The number of halogens is 1. The van der Waals surface area contributed by atoms with Crippen LogP contribution in [0.15, 0.2) is 48.7 Å². The molecule has 1 aliphatic heterocycles. The Balaban J connectivity index is 1.40. The highest BCUT2D eigenvalue weighted by Crippen LogP contribution is 2.23. The number of aromatic nitrogens is 3. The number of rotatable bonds is 3. The number of amides is 1. The standard InChI is InChI=1S/C19H19ClN4O/c20-17-6-7-18-21-16(13-24(18)22-17)19(25)23-10-8-15(9-11-23)12-14-4-2-1-3-5-14/h1-7,13,15H,8-12H2. The molecule has 0 spiro atoms. The van der Waals surface area contributed by atoms with Crippen molar-refractivity contribution in [1.29, 1.82) is 0 Å². The van der Waals surface area contributed by atoms with E-state index >= 15 is 0 Å². The van der Waals surface area contributed by atoms with Gasteiger partial charge in [-0.15, -0.1) is 0 Å². The minimum atomic E-state index is -0.0280. The van der Waals surface area contributed by atoms with Gasteiger partial charge in [0.1, 0.15) is 10.8 Å². The van der Waals surface area contributed by atoms with Gasteiger partial charge in [-0.3, -0.25) is 4.79 Å². The van der Waals surface area contributed by atoms with Gasteiger partial charge < -0.3 is 4.90 Å². The monoisotopic (exact) mass is 354 g/mol. The molecule has 0 bridgehead atoms. The van der Waals surface area contributed by atoms with Crippen LogP contribution in [0.3, 0.4) is 0 Å². The first-order chi connectivity index (χ1) is 12.2. The van der Waals surface area contributed by atoms with E-state index in [0.29, 0.717) is 22.4 Å². The maximum absolute atomic E-state index is 12.7. The molecule has 0 radical (unpaired) electrons. The molecule has 5 nitrogen and oxygen atoms in total. The Kier molecular flexibility index (Phi) is 4.40. The Morgan fingerprint density at radius 3 is 2.64 bits per heavy atom. The number of hydrogen-bond acceptors (Lipinski definition) is 3. The molecule has 25 heavy (non-hydrogen) atoms. The number of hydrogen-bond donors (Lipinski definition) is 0. The molecule has 1 amide bonds. The second-order valence-corrected chi connectivity index (χ2v) is 6.90. The van der Waals surface area contributed by atoms with E-state index in [1.54, 1.807) is 22.8 Å². The highest BCUT2D eigenvalue weighted by atomic mass is 35.5. The molecule has 1 saturated heterocycles. The molecule has 1 aromatic carbocycles. The van der Waals surface area contributed by atoms with Crippen molar-refractivity contribution < 1.29 is 4.79 Å². The number of likely N-dealkylation sites (tertiary alicyclic amines) is 1. The van der Waals surface area contributed by atoms with E-state index in [2.05, 4.69) is 34.3 Å². The van der Waals surface area contributed by atoms with Crippen molar-refractivity contribution in [2.24, 2.45) is 5.92 Å². The first-order valence-corrected chi connectivity index (χ1v) is 8.92. The molecule has 3 aromatic rings. The zero-order valence-electron chi connectivity index (χ0n) is 13.8. The average Bonchev–Trinajstić information content (AvgIpc) is 3.06. The first kappa shape index (κ1) is 16.1. The van der Waals surface area contributed by atoms with Gasteiger partial charge in [-0.1, -0.05) is 41.9 Å². The van der Waals surface area contributed by atoms with Crippen molar-refractivity contribution in [3.63, 3.8) is 0 Å². The molecule has 0 saturated carbocycles. The largest absolute Gasteiger partial charge is 0.337 e. The maximum Gasteiger partial charge on any atom is 0.274 e. The van der Waals surface area contributed by atoms with Crippen molar-refractivity contribution in [1.82, 2.24) is 19.5 Å². The lowest BCUT2D eigenvalue weighted by molar-refractivity contribution is 0.0685. The predicted octanol–water partition coefficient (Wildman–Crippen LogP) is 3.48. The van der Waals surface area contributed by atoms with Crippen LogP contribution in [0.4, 0.5) is 0 Å². The quantitative estimate of drug-likeness (QED) is 0.723. The van der Waals surface area contributed by atoms with Gasteiger partial charge in [0.25, 0.3) is 5.91 Å². The summed E-state index contributed by atoms with van der Waals surface area (Å²) in [6, 6.07) is 14.0. The number of benzene rings is 1. The molecular formula is C19H19ClN4O.